The predicted molar refractivity (Wildman–Crippen MR) is 102 cm³/mol. The summed E-state index contributed by atoms with van der Waals surface area (Å²) in [5.74, 6) is -1.54. The zero-order valence-corrected chi connectivity index (χ0v) is 15.5. The Morgan fingerprint density at radius 3 is 2.24 bits per heavy atom. The number of nitrogens with zero attached hydrogens (tertiary/aromatic N) is 3. The van der Waals surface area contributed by atoms with Gasteiger partial charge in [-0.1, -0.05) is 12.1 Å². The number of non-ortho nitro benzene ring substituents is 1. The number of imide groups is 1. The number of hydrogen-bond acceptors (Lipinski definition) is 6. The van der Waals surface area contributed by atoms with E-state index in [2.05, 4.69) is 0 Å². The Morgan fingerprint density at radius 1 is 1.07 bits per heavy atom. The van der Waals surface area contributed by atoms with Crippen molar-refractivity contribution in [3.8, 4) is 0 Å². The molecule has 1 aliphatic heterocycles. The number of amides is 2. The molecule has 3 rings (SSSR count). The molecular formula is C20H18FN3O5. The lowest BCUT2D eigenvalue weighted by Gasteiger charge is -2.20. The lowest BCUT2D eigenvalue weighted by Crippen LogP contribution is -2.34. The van der Waals surface area contributed by atoms with Gasteiger partial charge in [-0.15, -0.1) is 0 Å². The molecule has 2 amide bonds. The molecule has 0 spiro atoms. The van der Waals surface area contributed by atoms with Crippen molar-refractivity contribution in [1.82, 2.24) is 9.80 Å². The monoisotopic (exact) mass is 399 g/mol. The topological polar surface area (TPSA) is 104 Å². The number of nitro benzene ring substituents is 1. The smallest absolute Gasteiger partial charge is 0.278 e. The van der Waals surface area contributed by atoms with Crippen LogP contribution in [0.2, 0.25) is 0 Å². The van der Waals surface area contributed by atoms with Gasteiger partial charge < -0.3 is 10.0 Å². The molecule has 1 N–H and O–H groups in total. The highest BCUT2D eigenvalue weighted by Crippen LogP contribution is 2.32. The molecule has 0 aromatic heterocycles. The molecule has 0 fully saturated rings. The maximum atomic E-state index is 13.1. The van der Waals surface area contributed by atoms with Gasteiger partial charge in [-0.2, -0.15) is 0 Å². The molecule has 1 aliphatic rings. The van der Waals surface area contributed by atoms with Crippen LogP contribution in [0.3, 0.4) is 0 Å². The molecule has 2 aromatic carbocycles. The summed E-state index contributed by atoms with van der Waals surface area (Å²) >= 11 is 0. The molecule has 150 valence electrons. The number of carbonyl (C=O) groups is 2. The van der Waals surface area contributed by atoms with Crippen LogP contribution in [0.5, 0.6) is 0 Å². The molecule has 0 saturated heterocycles. The van der Waals surface area contributed by atoms with Crippen molar-refractivity contribution in [2.75, 3.05) is 20.2 Å². The number of likely N-dealkylation sites (N-methyl/N-ethyl adjacent to an activating group) is 1. The molecular weight excluding hydrogens is 381 g/mol. The Labute approximate surface area is 165 Å². The van der Waals surface area contributed by atoms with Gasteiger partial charge in [0, 0.05) is 25.7 Å². The Balaban J connectivity index is 2.00. The van der Waals surface area contributed by atoms with Crippen molar-refractivity contribution in [1.29, 1.82) is 0 Å². The summed E-state index contributed by atoms with van der Waals surface area (Å²) in [5.41, 5.74) is 0.986. The van der Waals surface area contributed by atoms with Crippen LogP contribution >= 0.6 is 0 Å². The number of aliphatic hydroxyl groups is 1. The Morgan fingerprint density at radius 2 is 1.69 bits per heavy atom. The average Bonchev–Trinajstić information content (AvgIpc) is 2.94. The SMILES string of the molecule is CN(CCO)C1=C(c2ccc([N+](=O)[O-])cc2)C(=O)N(Cc2ccc(F)cc2)C1=O. The van der Waals surface area contributed by atoms with Crippen LogP contribution in [0.1, 0.15) is 11.1 Å². The molecule has 0 unspecified atom stereocenters. The second-order valence-corrected chi connectivity index (χ2v) is 6.50. The van der Waals surface area contributed by atoms with Crippen molar-refractivity contribution in [3.05, 3.63) is 81.3 Å². The molecule has 0 atom stereocenters. The molecule has 0 aliphatic carbocycles. The van der Waals surface area contributed by atoms with Crippen LogP contribution < -0.4 is 0 Å². The lowest BCUT2D eigenvalue weighted by atomic mass is 10.0. The van der Waals surface area contributed by atoms with E-state index in [1.165, 1.54) is 53.4 Å². The second kappa shape index (κ2) is 8.19. The number of aliphatic hydroxyl groups excluding tert-OH is 1. The first-order valence-corrected chi connectivity index (χ1v) is 8.75. The fourth-order valence-electron chi connectivity index (χ4n) is 3.11. The largest absolute Gasteiger partial charge is 0.395 e. The number of nitro groups is 1. The van der Waals surface area contributed by atoms with E-state index >= 15 is 0 Å². The van der Waals surface area contributed by atoms with Gasteiger partial charge in [0.1, 0.15) is 11.5 Å². The zero-order chi connectivity index (χ0) is 21.1. The molecule has 8 nitrogen and oxygen atoms in total. The van der Waals surface area contributed by atoms with Crippen molar-refractivity contribution < 1.29 is 24.0 Å². The van der Waals surface area contributed by atoms with Gasteiger partial charge in [0.05, 0.1) is 23.6 Å². The third-order valence-electron chi connectivity index (χ3n) is 4.58. The maximum absolute atomic E-state index is 13.1. The lowest BCUT2D eigenvalue weighted by molar-refractivity contribution is -0.384. The molecule has 0 saturated carbocycles. The van der Waals surface area contributed by atoms with Gasteiger partial charge in [-0.05, 0) is 35.4 Å². The number of benzene rings is 2. The Kier molecular flexibility index (Phi) is 5.69. The average molecular weight is 399 g/mol. The van der Waals surface area contributed by atoms with E-state index in [0.717, 1.165) is 4.90 Å². The fraction of sp³-hybridized carbons (Fsp3) is 0.200. The van der Waals surface area contributed by atoms with Crippen molar-refractivity contribution in [2.45, 2.75) is 6.54 Å². The van der Waals surface area contributed by atoms with Crippen LogP contribution in [0, 0.1) is 15.9 Å². The molecule has 0 bridgehead atoms. The van der Waals surface area contributed by atoms with E-state index in [4.69, 9.17) is 0 Å². The normalized spacial score (nSPS) is 14.0. The third kappa shape index (κ3) is 3.99. The van der Waals surface area contributed by atoms with Gasteiger partial charge in [-0.25, -0.2) is 4.39 Å². The van der Waals surface area contributed by atoms with Crippen molar-refractivity contribution in [2.24, 2.45) is 0 Å². The third-order valence-corrected chi connectivity index (χ3v) is 4.58. The van der Waals surface area contributed by atoms with Crippen LogP contribution in [0.4, 0.5) is 10.1 Å². The summed E-state index contributed by atoms with van der Waals surface area (Å²) in [6, 6.07) is 10.8. The van der Waals surface area contributed by atoms with Gasteiger partial charge in [0.2, 0.25) is 0 Å². The molecule has 9 heteroatoms. The van der Waals surface area contributed by atoms with Crippen LogP contribution in [-0.4, -0.2) is 51.8 Å². The first kappa shape index (κ1) is 20.2. The van der Waals surface area contributed by atoms with Gasteiger partial charge in [0.15, 0.2) is 0 Å². The minimum Gasteiger partial charge on any atom is -0.395 e. The Hall–Kier alpha value is -3.59. The number of hydrogen-bond donors (Lipinski definition) is 1. The highest BCUT2D eigenvalue weighted by molar-refractivity contribution is 6.35. The quantitative estimate of drug-likeness (QED) is 0.434. The highest BCUT2D eigenvalue weighted by atomic mass is 19.1. The van der Waals surface area contributed by atoms with Crippen LogP contribution in [0.25, 0.3) is 5.57 Å². The van der Waals surface area contributed by atoms with E-state index in [-0.39, 0.29) is 36.7 Å². The first-order chi connectivity index (χ1) is 13.8. The maximum Gasteiger partial charge on any atom is 0.278 e. The standard InChI is InChI=1S/C20H18FN3O5/c1-22(10-11-25)18-17(14-4-8-16(9-5-14)24(28)29)19(26)23(20(18)27)12-13-2-6-15(21)7-3-13/h2-9,25H,10-12H2,1H3. The predicted octanol–water partition coefficient (Wildman–Crippen LogP) is 1.94. The minimum absolute atomic E-state index is 0.0507. The summed E-state index contributed by atoms with van der Waals surface area (Å²) < 4.78 is 13.1. The number of carbonyl (C=O) groups excluding carboxylic acids is 2. The van der Waals surface area contributed by atoms with E-state index < -0.39 is 22.6 Å². The summed E-state index contributed by atoms with van der Waals surface area (Å²) in [6.07, 6.45) is 0. The summed E-state index contributed by atoms with van der Waals surface area (Å²) in [4.78, 5) is 38.9. The number of halogens is 1. The highest BCUT2D eigenvalue weighted by Gasteiger charge is 2.40. The molecule has 2 aromatic rings. The zero-order valence-electron chi connectivity index (χ0n) is 15.5. The van der Waals surface area contributed by atoms with Gasteiger partial charge >= 0.3 is 0 Å². The van der Waals surface area contributed by atoms with Crippen molar-refractivity contribution in [3.63, 3.8) is 0 Å². The summed E-state index contributed by atoms with van der Waals surface area (Å²) in [5, 5.41) is 20.1. The minimum atomic E-state index is -0.562. The number of rotatable bonds is 7. The Bertz CT molecular complexity index is 986. The first-order valence-electron chi connectivity index (χ1n) is 8.75. The van der Waals surface area contributed by atoms with Gasteiger partial charge in [0.25, 0.3) is 17.5 Å². The van der Waals surface area contributed by atoms with E-state index in [1.54, 1.807) is 7.05 Å². The van der Waals surface area contributed by atoms with Crippen molar-refractivity contribution >= 4 is 23.1 Å². The molecule has 29 heavy (non-hydrogen) atoms. The van der Waals surface area contributed by atoms with Gasteiger partial charge in [-0.3, -0.25) is 24.6 Å². The summed E-state index contributed by atoms with van der Waals surface area (Å²) in [6.45, 7) is -0.160. The van der Waals surface area contributed by atoms with E-state index in [9.17, 15) is 29.2 Å². The van der Waals surface area contributed by atoms with E-state index in [0.29, 0.717) is 11.1 Å². The summed E-state index contributed by atoms with van der Waals surface area (Å²) in [7, 11) is 1.57. The van der Waals surface area contributed by atoms with Crippen LogP contribution in [0.15, 0.2) is 54.2 Å². The van der Waals surface area contributed by atoms with E-state index in [1.807, 2.05) is 0 Å². The second-order valence-electron chi connectivity index (χ2n) is 6.50. The molecule has 0 radical (unpaired) electrons. The molecule has 1 heterocycles. The van der Waals surface area contributed by atoms with Crippen LogP contribution in [-0.2, 0) is 16.1 Å². The fourth-order valence-corrected chi connectivity index (χ4v) is 3.11.